The van der Waals surface area contributed by atoms with Crippen LogP contribution in [0.25, 0.3) is 6.08 Å². The molecule has 0 bridgehead atoms. The maximum atomic E-state index is 11.6. The van der Waals surface area contributed by atoms with E-state index >= 15 is 0 Å². The summed E-state index contributed by atoms with van der Waals surface area (Å²) in [4.78, 5) is 11.6. The van der Waals surface area contributed by atoms with Crippen molar-refractivity contribution in [2.75, 3.05) is 11.9 Å². The average Bonchev–Trinajstić information content (AvgIpc) is 2.27. The minimum Gasteiger partial charge on any atom is -0.444 e. The molecule has 1 rings (SSSR count). The van der Waals surface area contributed by atoms with Gasteiger partial charge in [0.25, 0.3) is 0 Å². The molecule has 0 saturated carbocycles. The van der Waals surface area contributed by atoms with Crippen molar-refractivity contribution in [2.45, 2.75) is 26.4 Å². The number of benzene rings is 1. The Labute approximate surface area is 118 Å². The van der Waals surface area contributed by atoms with E-state index in [0.29, 0.717) is 16.3 Å². The number of ether oxygens (including phenoxy) is 1. The van der Waals surface area contributed by atoms with Gasteiger partial charge < -0.3 is 9.84 Å². The van der Waals surface area contributed by atoms with Gasteiger partial charge in [-0.05, 0) is 44.5 Å². The van der Waals surface area contributed by atoms with E-state index in [1.54, 1.807) is 51.1 Å². The number of aliphatic hydroxyl groups excluding tert-OH is 1. The molecule has 1 amide bonds. The Morgan fingerprint density at radius 2 is 2.16 bits per heavy atom. The van der Waals surface area contributed by atoms with Gasteiger partial charge in [0.05, 0.1) is 6.61 Å². The first-order valence-electron chi connectivity index (χ1n) is 5.89. The number of rotatable bonds is 3. The Morgan fingerprint density at radius 1 is 1.47 bits per heavy atom. The van der Waals surface area contributed by atoms with Gasteiger partial charge in [0.1, 0.15) is 5.60 Å². The Morgan fingerprint density at radius 3 is 2.74 bits per heavy atom. The summed E-state index contributed by atoms with van der Waals surface area (Å²) in [6.07, 6.45) is 2.73. The lowest BCUT2D eigenvalue weighted by Crippen LogP contribution is -2.27. The van der Waals surface area contributed by atoms with Crippen LogP contribution in [0, 0.1) is 0 Å². The van der Waals surface area contributed by atoms with E-state index in [1.807, 2.05) is 0 Å². The molecule has 0 unspecified atom stereocenters. The van der Waals surface area contributed by atoms with Gasteiger partial charge >= 0.3 is 6.09 Å². The van der Waals surface area contributed by atoms with Crippen molar-refractivity contribution >= 4 is 29.5 Å². The fraction of sp³-hybridized carbons (Fsp3) is 0.357. The molecule has 1 aromatic rings. The van der Waals surface area contributed by atoms with Crippen LogP contribution in [0.15, 0.2) is 24.3 Å². The molecule has 5 heteroatoms. The molecule has 0 heterocycles. The topological polar surface area (TPSA) is 58.6 Å². The van der Waals surface area contributed by atoms with Crippen molar-refractivity contribution in [3.05, 3.63) is 34.9 Å². The number of carbonyl (C=O) groups excluding carboxylic acids is 1. The van der Waals surface area contributed by atoms with Gasteiger partial charge in [-0.3, -0.25) is 5.32 Å². The molecule has 0 fully saturated rings. The molecule has 0 aliphatic carbocycles. The second-order valence-electron chi connectivity index (χ2n) is 4.95. The molecule has 1 aromatic carbocycles. The minimum atomic E-state index is -0.546. The fourth-order valence-electron chi connectivity index (χ4n) is 1.35. The standard InChI is InChI=1S/C14H18ClNO3/c1-14(2,3)19-13(18)16-11-6-7-12(15)10(9-11)5-4-8-17/h4-7,9,17H,8H2,1-3H3,(H,16,18)/b5-4+. The predicted molar refractivity (Wildman–Crippen MR) is 77.4 cm³/mol. The van der Waals surface area contributed by atoms with Crippen LogP contribution in [-0.2, 0) is 4.74 Å². The molecule has 0 aliphatic rings. The zero-order valence-corrected chi connectivity index (χ0v) is 12.0. The molecule has 2 N–H and O–H groups in total. The molecule has 0 radical (unpaired) electrons. The number of halogens is 1. The third-order valence-corrected chi connectivity index (χ3v) is 2.39. The van der Waals surface area contributed by atoms with E-state index in [1.165, 1.54) is 0 Å². The van der Waals surface area contributed by atoms with Gasteiger partial charge in [-0.15, -0.1) is 0 Å². The maximum Gasteiger partial charge on any atom is 0.412 e. The van der Waals surface area contributed by atoms with E-state index in [2.05, 4.69) is 5.32 Å². The van der Waals surface area contributed by atoms with Gasteiger partial charge in [0, 0.05) is 10.7 Å². The molecule has 4 nitrogen and oxygen atoms in total. The fourth-order valence-corrected chi connectivity index (χ4v) is 1.53. The van der Waals surface area contributed by atoms with Crippen molar-refractivity contribution in [3.8, 4) is 0 Å². The lowest BCUT2D eigenvalue weighted by molar-refractivity contribution is 0.0636. The summed E-state index contributed by atoms with van der Waals surface area (Å²) in [5, 5.41) is 11.9. The van der Waals surface area contributed by atoms with Crippen LogP contribution in [-0.4, -0.2) is 23.4 Å². The van der Waals surface area contributed by atoms with Crippen LogP contribution in [0.5, 0.6) is 0 Å². The van der Waals surface area contributed by atoms with E-state index in [4.69, 9.17) is 21.4 Å². The SMILES string of the molecule is CC(C)(C)OC(=O)Nc1ccc(Cl)c(/C=C/CO)c1. The van der Waals surface area contributed by atoms with Crippen LogP contribution in [0.4, 0.5) is 10.5 Å². The number of amides is 1. The summed E-state index contributed by atoms with van der Waals surface area (Å²) >= 11 is 6.00. The number of anilines is 1. The van der Waals surface area contributed by atoms with Crippen molar-refractivity contribution in [1.82, 2.24) is 0 Å². The van der Waals surface area contributed by atoms with Gasteiger partial charge in [-0.2, -0.15) is 0 Å². The normalized spacial score (nSPS) is 11.6. The highest BCUT2D eigenvalue weighted by Gasteiger charge is 2.16. The van der Waals surface area contributed by atoms with E-state index in [0.717, 1.165) is 0 Å². The average molecular weight is 284 g/mol. The van der Waals surface area contributed by atoms with Crippen LogP contribution < -0.4 is 5.32 Å². The number of nitrogens with one attached hydrogen (secondary N) is 1. The second kappa shape index (κ2) is 6.59. The lowest BCUT2D eigenvalue weighted by Gasteiger charge is -2.19. The molecule has 104 valence electrons. The van der Waals surface area contributed by atoms with Crippen molar-refractivity contribution in [1.29, 1.82) is 0 Å². The van der Waals surface area contributed by atoms with Crippen LogP contribution in [0.3, 0.4) is 0 Å². The minimum absolute atomic E-state index is 0.0694. The highest BCUT2D eigenvalue weighted by atomic mass is 35.5. The number of aliphatic hydroxyl groups is 1. The molecule has 0 aromatic heterocycles. The van der Waals surface area contributed by atoms with Crippen molar-refractivity contribution in [3.63, 3.8) is 0 Å². The Balaban J connectivity index is 2.80. The first-order chi connectivity index (χ1) is 8.81. The largest absolute Gasteiger partial charge is 0.444 e. The van der Waals surface area contributed by atoms with Gasteiger partial charge in [-0.1, -0.05) is 23.8 Å². The highest BCUT2D eigenvalue weighted by Crippen LogP contribution is 2.22. The zero-order valence-electron chi connectivity index (χ0n) is 11.2. The smallest absolute Gasteiger partial charge is 0.412 e. The molecular formula is C14H18ClNO3. The summed E-state index contributed by atoms with van der Waals surface area (Å²) in [6, 6.07) is 5.06. The molecule has 0 atom stereocenters. The van der Waals surface area contributed by atoms with E-state index < -0.39 is 11.7 Å². The molecule has 0 aliphatic heterocycles. The van der Waals surface area contributed by atoms with Crippen LogP contribution in [0.1, 0.15) is 26.3 Å². The molecular weight excluding hydrogens is 266 g/mol. The maximum absolute atomic E-state index is 11.6. The summed E-state index contributed by atoms with van der Waals surface area (Å²) < 4.78 is 5.15. The number of hydrogen-bond acceptors (Lipinski definition) is 3. The molecule has 0 spiro atoms. The van der Waals surface area contributed by atoms with Gasteiger partial charge in [0.15, 0.2) is 0 Å². The summed E-state index contributed by atoms with van der Waals surface area (Å²) in [5.74, 6) is 0. The van der Waals surface area contributed by atoms with E-state index in [9.17, 15) is 4.79 Å². The first kappa shape index (κ1) is 15.5. The Hall–Kier alpha value is -1.52. The third-order valence-electron chi connectivity index (χ3n) is 2.04. The molecule has 19 heavy (non-hydrogen) atoms. The summed E-state index contributed by atoms with van der Waals surface area (Å²) in [5.41, 5.74) is 0.747. The van der Waals surface area contributed by atoms with Gasteiger partial charge in [0.2, 0.25) is 0 Å². The van der Waals surface area contributed by atoms with E-state index in [-0.39, 0.29) is 6.61 Å². The summed E-state index contributed by atoms with van der Waals surface area (Å²) in [7, 11) is 0. The van der Waals surface area contributed by atoms with Gasteiger partial charge in [-0.25, -0.2) is 4.79 Å². The number of carbonyl (C=O) groups is 1. The zero-order chi connectivity index (χ0) is 14.5. The summed E-state index contributed by atoms with van der Waals surface area (Å²) in [6.45, 7) is 5.32. The van der Waals surface area contributed by atoms with Crippen molar-refractivity contribution < 1.29 is 14.6 Å². The predicted octanol–water partition coefficient (Wildman–Crippen LogP) is 3.69. The lowest BCUT2D eigenvalue weighted by atomic mass is 10.2. The molecule has 0 saturated heterocycles. The monoisotopic (exact) mass is 283 g/mol. The second-order valence-corrected chi connectivity index (χ2v) is 5.36. The van der Waals surface area contributed by atoms with Crippen LogP contribution in [0.2, 0.25) is 5.02 Å². The third kappa shape index (κ3) is 5.77. The highest BCUT2D eigenvalue weighted by molar-refractivity contribution is 6.32. The quantitative estimate of drug-likeness (QED) is 0.889. The number of hydrogen-bond donors (Lipinski definition) is 2. The van der Waals surface area contributed by atoms with Crippen LogP contribution >= 0.6 is 11.6 Å². The Kier molecular flexibility index (Phi) is 5.39. The Bertz CT molecular complexity index is 478. The first-order valence-corrected chi connectivity index (χ1v) is 6.26. The van der Waals surface area contributed by atoms with Crippen molar-refractivity contribution in [2.24, 2.45) is 0 Å².